The molecule has 0 aliphatic rings. The molecule has 0 aromatic heterocycles. The fourth-order valence-electron chi connectivity index (χ4n) is 1.42. The van der Waals surface area contributed by atoms with E-state index in [4.69, 9.17) is 0 Å². The van der Waals surface area contributed by atoms with Crippen LogP contribution in [0.3, 0.4) is 0 Å². The van der Waals surface area contributed by atoms with Crippen LogP contribution in [0.15, 0.2) is 48.3 Å². The average molecular weight is 233 g/mol. The van der Waals surface area contributed by atoms with Crippen molar-refractivity contribution in [3.05, 3.63) is 59.4 Å². The zero-order valence-electron chi connectivity index (χ0n) is 10.5. The van der Waals surface area contributed by atoms with Crippen LogP contribution in [0.1, 0.15) is 24.5 Å². The normalized spacial score (nSPS) is 12.3. The van der Waals surface area contributed by atoms with Crippen molar-refractivity contribution < 1.29 is 4.39 Å². The Morgan fingerprint density at radius 1 is 1.29 bits per heavy atom. The number of rotatable bonds is 6. The Bertz CT molecular complexity index is 376. The number of nitrogens with one attached hydrogen (secondary N) is 1. The fourth-order valence-corrected chi connectivity index (χ4v) is 1.42. The van der Waals surface area contributed by atoms with E-state index in [1.807, 2.05) is 6.08 Å². The van der Waals surface area contributed by atoms with Gasteiger partial charge in [-0.25, -0.2) is 4.39 Å². The van der Waals surface area contributed by atoms with E-state index < -0.39 is 0 Å². The lowest BCUT2D eigenvalue weighted by molar-refractivity contribution is 0.660. The van der Waals surface area contributed by atoms with E-state index in [2.05, 4.69) is 36.5 Å². The van der Waals surface area contributed by atoms with Gasteiger partial charge in [0, 0.05) is 6.54 Å². The zero-order chi connectivity index (χ0) is 12.5. The first kappa shape index (κ1) is 13.7. The van der Waals surface area contributed by atoms with Crippen LogP contribution in [-0.4, -0.2) is 6.54 Å². The summed E-state index contributed by atoms with van der Waals surface area (Å²) in [4.78, 5) is 0. The highest BCUT2D eigenvalue weighted by atomic mass is 19.1. The van der Waals surface area contributed by atoms with Gasteiger partial charge in [-0.2, -0.15) is 0 Å². The third-order valence-electron chi connectivity index (χ3n) is 2.49. The molecule has 1 rings (SSSR count). The van der Waals surface area contributed by atoms with E-state index in [1.54, 1.807) is 6.92 Å². The monoisotopic (exact) mass is 233 g/mol. The van der Waals surface area contributed by atoms with Crippen molar-refractivity contribution in [2.24, 2.45) is 0 Å². The quantitative estimate of drug-likeness (QED) is 0.580. The molecule has 0 saturated carbocycles. The van der Waals surface area contributed by atoms with Gasteiger partial charge in [0.25, 0.3) is 0 Å². The van der Waals surface area contributed by atoms with Gasteiger partial charge in [-0.15, -0.1) is 0 Å². The van der Waals surface area contributed by atoms with Gasteiger partial charge in [0.05, 0.1) is 0 Å². The summed E-state index contributed by atoms with van der Waals surface area (Å²) >= 11 is 0. The summed E-state index contributed by atoms with van der Waals surface area (Å²) in [5.74, 6) is -0.177. The molecule has 0 bridgehead atoms. The van der Waals surface area contributed by atoms with Gasteiger partial charge in [-0.1, -0.05) is 42.0 Å². The Kier molecular flexibility index (Phi) is 6.26. The number of halogens is 1. The van der Waals surface area contributed by atoms with Gasteiger partial charge >= 0.3 is 0 Å². The van der Waals surface area contributed by atoms with Crippen LogP contribution in [0.4, 0.5) is 4.39 Å². The van der Waals surface area contributed by atoms with Crippen molar-refractivity contribution in [3.63, 3.8) is 0 Å². The minimum absolute atomic E-state index is 0.177. The van der Waals surface area contributed by atoms with Crippen LogP contribution in [0.25, 0.3) is 0 Å². The summed E-state index contributed by atoms with van der Waals surface area (Å²) in [7, 11) is 0. The van der Waals surface area contributed by atoms with E-state index in [-0.39, 0.29) is 5.83 Å². The van der Waals surface area contributed by atoms with Gasteiger partial charge in [0.2, 0.25) is 0 Å². The number of aryl methyl sites for hydroxylation is 1. The second-order valence-electron chi connectivity index (χ2n) is 4.03. The molecule has 0 saturated heterocycles. The van der Waals surface area contributed by atoms with Gasteiger partial charge in [0.15, 0.2) is 0 Å². The molecular weight excluding hydrogens is 213 g/mol. The molecule has 1 aromatic carbocycles. The lowest BCUT2D eigenvalue weighted by Gasteiger charge is -2.03. The first-order valence-corrected chi connectivity index (χ1v) is 5.97. The molecule has 1 aromatic rings. The minimum atomic E-state index is -0.177. The Labute approximate surface area is 103 Å². The molecule has 0 fully saturated rings. The Hall–Kier alpha value is -1.41. The largest absolute Gasteiger partial charge is 0.312 e. The maximum Gasteiger partial charge on any atom is 0.118 e. The first-order chi connectivity index (χ1) is 8.22. The molecule has 0 aliphatic carbocycles. The third-order valence-corrected chi connectivity index (χ3v) is 2.49. The van der Waals surface area contributed by atoms with E-state index >= 15 is 0 Å². The van der Waals surface area contributed by atoms with E-state index in [9.17, 15) is 4.39 Å². The highest BCUT2D eigenvalue weighted by Crippen LogP contribution is 2.02. The molecule has 1 N–H and O–H groups in total. The van der Waals surface area contributed by atoms with Gasteiger partial charge < -0.3 is 5.32 Å². The van der Waals surface area contributed by atoms with Crippen molar-refractivity contribution in [3.8, 4) is 0 Å². The average Bonchev–Trinajstić information content (AvgIpc) is 2.35. The van der Waals surface area contributed by atoms with Crippen LogP contribution in [0.5, 0.6) is 0 Å². The second kappa shape index (κ2) is 7.80. The second-order valence-corrected chi connectivity index (χ2v) is 4.03. The predicted molar refractivity (Wildman–Crippen MR) is 71.5 cm³/mol. The van der Waals surface area contributed by atoms with E-state index in [0.29, 0.717) is 0 Å². The summed E-state index contributed by atoms with van der Waals surface area (Å²) in [6.45, 7) is 5.49. The summed E-state index contributed by atoms with van der Waals surface area (Å²) in [6.07, 6.45) is 5.65. The Morgan fingerprint density at radius 3 is 2.65 bits per heavy atom. The van der Waals surface area contributed by atoms with E-state index in [0.717, 1.165) is 19.5 Å². The molecular formula is C15H20FN. The van der Waals surface area contributed by atoms with Gasteiger partial charge in [-0.05, 0) is 38.5 Å². The van der Waals surface area contributed by atoms with Gasteiger partial charge in [0.1, 0.15) is 5.83 Å². The minimum Gasteiger partial charge on any atom is -0.312 e. The molecule has 0 spiro atoms. The topological polar surface area (TPSA) is 12.0 Å². The Balaban J connectivity index is 2.16. The molecule has 0 atom stereocenters. The first-order valence-electron chi connectivity index (χ1n) is 5.97. The number of benzene rings is 1. The molecule has 17 heavy (non-hydrogen) atoms. The highest BCUT2D eigenvalue weighted by molar-refractivity contribution is 5.21. The highest BCUT2D eigenvalue weighted by Gasteiger charge is 1.91. The number of hydrogen-bond acceptors (Lipinski definition) is 1. The molecule has 0 aliphatic heterocycles. The lowest BCUT2D eigenvalue weighted by Crippen LogP contribution is -2.13. The van der Waals surface area contributed by atoms with E-state index in [1.165, 1.54) is 23.3 Å². The molecule has 0 unspecified atom stereocenters. The summed E-state index contributed by atoms with van der Waals surface area (Å²) in [5, 5.41) is 3.32. The molecule has 92 valence electrons. The number of allylic oxidation sites excluding steroid dienone is 3. The smallest absolute Gasteiger partial charge is 0.118 e. The van der Waals surface area contributed by atoms with Gasteiger partial charge in [-0.3, -0.25) is 0 Å². The molecule has 0 heterocycles. The van der Waals surface area contributed by atoms with Crippen molar-refractivity contribution in [1.29, 1.82) is 0 Å². The van der Waals surface area contributed by atoms with Crippen LogP contribution in [0, 0.1) is 6.92 Å². The molecule has 0 amide bonds. The lowest BCUT2D eigenvalue weighted by atomic mass is 10.1. The maximum atomic E-state index is 12.7. The van der Waals surface area contributed by atoms with Crippen molar-refractivity contribution >= 4 is 0 Å². The molecule has 1 nitrogen and oxygen atoms in total. The predicted octanol–water partition coefficient (Wildman–Crippen LogP) is 3.90. The van der Waals surface area contributed by atoms with Crippen LogP contribution >= 0.6 is 0 Å². The van der Waals surface area contributed by atoms with Crippen LogP contribution < -0.4 is 5.32 Å². The molecule has 0 radical (unpaired) electrons. The van der Waals surface area contributed by atoms with Crippen molar-refractivity contribution in [1.82, 2.24) is 5.32 Å². The summed E-state index contributed by atoms with van der Waals surface area (Å²) in [5.41, 5.74) is 2.55. The maximum absolute atomic E-state index is 12.7. The SMILES string of the molecule is C/C=C(F)\C=C/CCNCc1ccc(C)cc1. The van der Waals surface area contributed by atoms with Crippen LogP contribution in [0.2, 0.25) is 0 Å². The standard InChI is InChI=1S/C15H20FN/c1-3-15(16)6-4-5-11-17-12-14-9-7-13(2)8-10-14/h3-4,6-10,17H,5,11-12H2,1-2H3/b6-4-,15-3+. The number of hydrogen-bond donors (Lipinski definition) is 1. The fraction of sp³-hybridized carbons (Fsp3) is 0.333. The molecule has 2 heteroatoms. The zero-order valence-corrected chi connectivity index (χ0v) is 10.5. The third kappa shape index (κ3) is 6.03. The van der Waals surface area contributed by atoms with Crippen molar-refractivity contribution in [2.45, 2.75) is 26.8 Å². The van der Waals surface area contributed by atoms with Crippen molar-refractivity contribution in [2.75, 3.05) is 6.54 Å². The Morgan fingerprint density at radius 2 is 2.00 bits per heavy atom. The van der Waals surface area contributed by atoms with Crippen LogP contribution in [-0.2, 0) is 6.54 Å². The summed E-state index contributed by atoms with van der Waals surface area (Å²) in [6, 6.07) is 8.46. The summed E-state index contributed by atoms with van der Waals surface area (Å²) < 4.78 is 12.7.